The van der Waals surface area contributed by atoms with E-state index in [4.69, 9.17) is 0 Å². The predicted octanol–water partition coefficient (Wildman–Crippen LogP) is 2.73. The van der Waals surface area contributed by atoms with Crippen LogP contribution in [0.1, 0.15) is 24.8 Å². The Hall–Kier alpha value is -1.97. The number of carbonyl (C=O) groups excluding carboxylic acids is 1. The van der Waals surface area contributed by atoms with Crippen LogP contribution < -0.4 is 0 Å². The van der Waals surface area contributed by atoms with Gasteiger partial charge in [0.05, 0.1) is 10.5 Å². The second-order valence-electron chi connectivity index (χ2n) is 3.75. The standard InChI is InChI=1S/C12H11NO3/c14-8-9-4-3-6-10(9)11-5-1-2-7-12(11)13(15)16/h1-2,5,7-8H,3-4,6H2. The average molecular weight is 217 g/mol. The highest BCUT2D eigenvalue weighted by molar-refractivity contribution is 5.91. The highest BCUT2D eigenvalue weighted by atomic mass is 16.6. The van der Waals surface area contributed by atoms with E-state index in [9.17, 15) is 14.9 Å². The average Bonchev–Trinajstić information content (AvgIpc) is 2.76. The third-order valence-corrected chi connectivity index (χ3v) is 2.83. The monoisotopic (exact) mass is 217 g/mol. The van der Waals surface area contributed by atoms with Crippen molar-refractivity contribution in [3.63, 3.8) is 0 Å². The highest BCUT2D eigenvalue weighted by Gasteiger charge is 2.22. The van der Waals surface area contributed by atoms with E-state index in [0.29, 0.717) is 11.1 Å². The number of hydrogen-bond acceptors (Lipinski definition) is 3. The van der Waals surface area contributed by atoms with Gasteiger partial charge in [-0.3, -0.25) is 14.9 Å². The number of rotatable bonds is 3. The number of allylic oxidation sites excluding steroid dienone is 2. The van der Waals surface area contributed by atoms with E-state index in [1.165, 1.54) is 6.07 Å². The number of nitro groups is 1. The zero-order valence-electron chi connectivity index (χ0n) is 8.68. The fourth-order valence-electron chi connectivity index (χ4n) is 2.09. The molecule has 0 aromatic heterocycles. The Labute approximate surface area is 92.7 Å². The Morgan fingerprint density at radius 2 is 2.00 bits per heavy atom. The second kappa shape index (κ2) is 4.26. The fraction of sp³-hybridized carbons (Fsp3) is 0.250. The van der Waals surface area contributed by atoms with Crippen LogP contribution in [0.15, 0.2) is 29.8 Å². The summed E-state index contributed by atoms with van der Waals surface area (Å²) in [5.74, 6) is 0. The van der Waals surface area contributed by atoms with Crippen molar-refractivity contribution in [3.8, 4) is 0 Å². The van der Waals surface area contributed by atoms with Crippen LogP contribution in [-0.2, 0) is 4.79 Å². The number of hydrogen-bond donors (Lipinski definition) is 0. The number of aldehydes is 1. The van der Waals surface area contributed by atoms with Gasteiger partial charge >= 0.3 is 0 Å². The maximum atomic E-state index is 10.9. The summed E-state index contributed by atoms with van der Waals surface area (Å²) in [6.07, 6.45) is 3.19. The minimum Gasteiger partial charge on any atom is -0.298 e. The molecule has 0 amide bonds. The van der Waals surface area contributed by atoms with E-state index >= 15 is 0 Å². The molecule has 4 nitrogen and oxygen atoms in total. The van der Waals surface area contributed by atoms with E-state index in [0.717, 1.165) is 31.1 Å². The number of nitro benzene ring substituents is 1. The van der Waals surface area contributed by atoms with Crippen LogP contribution in [0, 0.1) is 10.1 Å². The Morgan fingerprint density at radius 1 is 1.25 bits per heavy atom. The topological polar surface area (TPSA) is 60.2 Å². The van der Waals surface area contributed by atoms with Gasteiger partial charge in [-0.05, 0) is 36.5 Å². The lowest BCUT2D eigenvalue weighted by Gasteiger charge is -2.04. The first-order valence-corrected chi connectivity index (χ1v) is 5.15. The zero-order valence-corrected chi connectivity index (χ0v) is 8.68. The SMILES string of the molecule is O=CC1=C(c2ccccc2[N+](=O)[O-])CCC1. The molecule has 0 saturated heterocycles. The molecule has 1 aliphatic rings. The first-order chi connectivity index (χ1) is 7.74. The lowest BCUT2D eigenvalue weighted by atomic mass is 10.0. The molecule has 82 valence electrons. The third-order valence-electron chi connectivity index (χ3n) is 2.83. The van der Waals surface area contributed by atoms with Crippen molar-refractivity contribution >= 4 is 17.5 Å². The summed E-state index contributed by atoms with van der Waals surface area (Å²) in [4.78, 5) is 21.3. The Kier molecular flexibility index (Phi) is 2.81. The summed E-state index contributed by atoms with van der Waals surface area (Å²) in [5, 5.41) is 10.9. The molecular weight excluding hydrogens is 206 g/mol. The second-order valence-corrected chi connectivity index (χ2v) is 3.75. The number of para-hydroxylation sites is 1. The summed E-state index contributed by atoms with van der Waals surface area (Å²) in [6, 6.07) is 6.58. The first kappa shape index (κ1) is 10.5. The van der Waals surface area contributed by atoms with Crippen LogP contribution in [-0.4, -0.2) is 11.2 Å². The summed E-state index contributed by atoms with van der Waals surface area (Å²) >= 11 is 0. The van der Waals surface area contributed by atoms with Crippen molar-refractivity contribution in [1.82, 2.24) is 0 Å². The third kappa shape index (κ3) is 1.74. The van der Waals surface area contributed by atoms with Crippen molar-refractivity contribution in [3.05, 3.63) is 45.5 Å². The Bertz CT molecular complexity index is 477. The Morgan fingerprint density at radius 3 is 2.69 bits per heavy atom. The van der Waals surface area contributed by atoms with E-state index in [-0.39, 0.29) is 5.69 Å². The van der Waals surface area contributed by atoms with Gasteiger partial charge in [0.25, 0.3) is 5.69 Å². The molecule has 0 atom stereocenters. The van der Waals surface area contributed by atoms with Gasteiger partial charge in [-0.25, -0.2) is 0 Å². The van der Waals surface area contributed by atoms with Crippen LogP contribution in [0.3, 0.4) is 0 Å². The Balaban J connectivity index is 2.56. The molecule has 2 rings (SSSR count). The number of nitrogens with zero attached hydrogens (tertiary/aromatic N) is 1. The summed E-state index contributed by atoms with van der Waals surface area (Å²) in [7, 11) is 0. The van der Waals surface area contributed by atoms with E-state index in [2.05, 4.69) is 0 Å². The maximum Gasteiger partial charge on any atom is 0.276 e. The molecule has 1 aromatic carbocycles. The number of carbonyl (C=O) groups is 1. The van der Waals surface area contributed by atoms with E-state index < -0.39 is 4.92 Å². The molecule has 0 heterocycles. The van der Waals surface area contributed by atoms with Crippen LogP contribution in [0.25, 0.3) is 5.57 Å². The van der Waals surface area contributed by atoms with Crippen LogP contribution >= 0.6 is 0 Å². The lowest BCUT2D eigenvalue weighted by Crippen LogP contribution is -1.95. The molecule has 0 saturated carbocycles. The largest absolute Gasteiger partial charge is 0.298 e. The van der Waals surface area contributed by atoms with Gasteiger partial charge in [-0.2, -0.15) is 0 Å². The normalized spacial score (nSPS) is 15.2. The highest BCUT2D eigenvalue weighted by Crippen LogP contribution is 2.36. The van der Waals surface area contributed by atoms with Crippen LogP contribution in [0.2, 0.25) is 0 Å². The van der Waals surface area contributed by atoms with Gasteiger partial charge in [-0.15, -0.1) is 0 Å². The van der Waals surface area contributed by atoms with Gasteiger partial charge < -0.3 is 0 Å². The van der Waals surface area contributed by atoms with Crippen molar-refractivity contribution in [2.24, 2.45) is 0 Å². The number of benzene rings is 1. The van der Waals surface area contributed by atoms with E-state index in [1.807, 2.05) is 0 Å². The van der Waals surface area contributed by atoms with Gasteiger partial charge in [0, 0.05) is 6.07 Å². The van der Waals surface area contributed by atoms with Gasteiger partial charge in [-0.1, -0.05) is 12.1 Å². The van der Waals surface area contributed by atoms with Gasteiger partial charge in [0.1, 0.15) is 6.29 Å². The molecular formula is C12H11NO3. The fourth-order valence-corrected chi connectivity index (χ4v) is 2.09. The maximum absolute atomic E-state index is 10.9. The van der Waals surface area contributed by atoms with Crippen LogP contribution in [0.5, 0.6) is 0 Å². The first-order valence-electron chi connectivity index (χ1n) is 5.15. The molecule has 4 heteroatoms. The van der Waals surface area contributed by atoms with E-state index in [1.54, 1.807) is 18.2 Å². The molecule has 0 radical (unpaired) electrons. The van der Waals surface area contributed by atoms with Crippen molar-refractivity contribution in [2.75, 3.05) is 0 Å². The quantitative estimate of drug-likeness (QED) is 0.444. The van der Waals surface area contributed by atoms with Crippen molar-refractivity contribution < 1.29 is 9.72 Å². The smallest absolute Gasteiger partial charge is 0.276 e. The molecule has 0 unspecified atom stereocenters. The molecule has 16 heavy (non-hydrogen) atoms. The summed E-state index contributed by atoms with van der Waals surface area (Å²) in [5.41, 5.74) is 2.21. The zero-order chi connectivity index (χ0) is 11.5. The lowest BCUT2D eigenvalue weighted by molar-refractivity contribution is -0.385. The summed E-state index contributed by atoms with van der Waals surface area (Å²) < 4.78 is 0. The molecule has 0 spiro atoms. The van der Waals surface area contributed by atoms with Gasteiger partial charge in [0.2, 0.25) is 0 Å². The molecule has 0 fully saturated rings. The van der Waals surface area contributed by atoms with Gasteiger partial charge in [0.15, 0.2) is 0 Å². The molecule has 0 aliphatic heterocycles. The molecule has 0 bridgehead atoms. The summed E-state index contributed by atoms with van der Waals surface area (Å²) in [6.45, 7) is 0. The van der Waals surface area contributed by atoms with Crippen molar-refractivity contribution in [1.29, 1.82) is 0 Å². The minimum atomic E-state index is -0.400. The van der Waals surface area contributed by atoms with Crippen molar-refractivity contribution in [2.45, 2.75) is 19.3 Å². The van der Waals surface area contributed by atoms with Crippen LogP contribution in [0.4, 0.5) is 5.69 Å². The predicted molar refractivity (Wildman–Crippen MR) is 59.9 cm³/mol. The molecule has 0 N–H and O–H groups in total. The molecule has 1 aliphatic carbocycles. The molecule has 1 aromatic rings. The minimum absolute atomic E-state index is 0.0822.